The number of anilines is 1. The molecule has 1 atom stereocenters. The van der Waals surface area contributed by atoms with Gasteiger partial charge in [0, 0.05) is 19.3 Å². The number of aromatic hydroxyl groups is 1. The number of amides is 1. The molecule has 0 spiro atoms. The van der Waals surface area contributed by atoms with Gasteiger partial charge in [0.25, 0.3) is 0 Å². The Morgan fingerprint density at radius 2 is 1.81 bits per heavy atom. The van der Waals surface area contributed by atoms with Gasteiger partial charge in [-0.15, -0.1) is 0 Å². The molecule has 1 aliphatic heterocycles. The normalized spacial score (nSPS) is 17.1. The Labute approximate surface area is 124 Å². The fourth-order valence-electron chi connectivity index (χ4n) is 2.67. The van der Waals surface area contributed by atoms with Gasteiger partial charge in [0.15, 0.2) is 0 Å². The van der Waals surface area contributed by atoms with E-state index in [9.17, 15) is 9.90 Å². The molecule has 4 nitrogen and oxygen atoms in total. The maximum absolute atomic E-state index is 12.6. The maximum Gasteiger partial charge on any atom is 0.244 e. The lowest BCUT2D eigenvalue weighted by Crippen LogP contribution is -2.48. The molecular formula is C17H18N2O2. The molecule has 2 aromatic carbocycles. The van der Waals surface area contributed by atoms with Gasteiger partial charge in [0.2, 0.25) is 5.91 Å². The van der Waals surface area contributed by atoms with Crippen molar-refractivity contribution in [1.82, 2.24) is 5.32 Å². The number of hydrogen-bond donors (Lipinski definition) is 2. The van der Waals surface area contributed by atoms with Crippen LogP contribution < -0.4 is 10.2 Å². The lowest BCUT2D eigenvalue weighted by atomic mass is 9.95. The highest BCUT2D eigenvalue weighted by molar-refractivity contribution is 5.97. The second-order valence-corrected chi connectivity index (χ2v) is 5.32. The molecule has 0 radical (unpaired) electrons. The van der Waals surface area contributed by atoms with E-state index in [4.69, 9.17) is 0 Å². The Bertz CT molecular complexity index is 652. The van der Waals surface area contributed by atoms with Crippen molar-refractivity contribution in [3.63, 3.8) is 0 Å². The van der Waals surface area contributed by atoms with Gasteiger partial charge in [0.05, 0.1) is 6.04 Å². The van der Waals surface area contributed by atoms with Crippen molar-refractivity contribution in [2.45, 2.75) is 19.0 Å². The molecule has 0 bridgehead atoms. The number of likely N-dealkylation sites (N-methyl/N-ethyl adjacent to an activating group) is 1. The SMILES string of the molecule is CN(C(=O)[C@H]1Cc2ccccc2CN1)c1ccc(O)cc1. The Morgan fingerprint density at radius 3 is 2.52 bits per heavy atom. The fraction of sp³-hybridized carbons (Fsp3) is 0.235. The third kappa shape index (κ3) is 2.76. The highest BCUT2D eigenvalue weighted by Crippen LogP contribution is 2.21. The second-order valence-electron chi connectivity index (χ2n) is 5.32. The molecule has 0 aromatic heterocycles. The Balaban J connectivity index is 1.75. The number of nitrogens with zero attached hydrogens (tertiary/aromatic N) is 1. The smallest absolute Gasteiger partial charge is 0.244 e. The molecule has 0 saturated heterocycles. The first-order valence-electron chi connectivity index (χ1n) is 7.02. The summed E-state index contributed by atoms with van der Waals surface area (Å²) in [4.78, 5) is 14.2. The first-order valence-corrected chi connectivity index (χ1v) is 7.02. The fourth-order valence-corrected chi connectivity index (χ4v) is 2.67. The summed E-state index contributed by atoms with van der Waals surface area (Å²) in [6, 6.07) is 14.6. The molecule has 0 saturated carbocycles. The van der Waals surface area contributed by atoms with Crippen LogP contribution in [0.3, 0.4) is 0 Å². The minimum Gasteiger partial charge on any atom is -0.508 e. The average molecular weight is 282 g/mol. The highest BCUT2D eigenvalue weighted by Gasteiger charge is 2.26. The number of rotatable bonds is 2. The highest BCUT2D eigenvalue weighted by atomic mass is 16.3. The lowest BCUT2D eigenvalue weighted by Gasteiger charge is -2.29. The van der Waals surface area contributed by atoms with Crippen LogP contribution in [0, 0.1) is 0 Å². The first kappa shape index (κ1) is 13.6. The van der Waals surface area contributed by atoms with Crippen LogP contribution in [0.2, 0.25) is 0 Å². The number of nitrogens with one attached hydrogen (secondary N) is 1. The van der Waals surface area contributed by atoms with E-state index in [1.165, 1.54) is 11.1 Å². The summed E-state index contributed by atoms with van der Waals surface area (Å²) in [6.45, 7) is 0.718. The first-order chi connectivity index (χ1) is 10.1. The molecule has 4 heteroatoms. The molecule has 0 aliphatic carbocycles. The van der Waals surface area contributed by atoms with E-state index in [1.807, 2.05) is 12.1 Å². The van der Waals surface area contributed by atoms with Crippen LogP contribution in [0.5, 0.6) is 5.75 Å². The van der Waals surface area contributed by atoms with Crippen molar-refractivity contribution in [2.24, 2.45) is 0 Å². The lowest BCUT2D eigenvalue weighted by molar-refractivity contribution is -0.120. The second kappa shape index (κ2) is 5.58. The number of carbonyl (C=O) groups excluding carboxylic acids is 1. The molecule has 2 aromatic rings. The summed E-state index contributed by atoms with van der Waals surface area (Å²) >= 11 is 0. The van der Waals surface area contributed by atoms with Crippen LogP contribution in [0.4, 0.5) is 5.69 Å². The number of phenolic OH excluding ortho intramolecular Hbond substituents is 1. The number of fused-ring (bicyclic) bond motifs is 1. The summed E-state index contributed by atoms with van der Waals surface area (Å²) in [7, 11) is 1.76. The zero-order valence-electron chi connectivity index (χ0n) is 11.9. The van der Waals surface area contributed by atoms with Gasteiger partial charge in [0.1, 0.15) is 5.75 Å². The number of phenols is 1. The van der Waals surface area contributed by atoms with Gasteiger partial charge in [-0.1, -0.05) is 24.3 Å². The van der Waals surface area contributed by atoms with Crippen molar-refractivity contribution in [3.8, 4) is 5.75 Å². The summed E-state index contributed by atoms with van der Waals surface area (Å²) in [5.74, 6) is 0.236. The van der Waals surface area contributed by atoms with Crippen LogP contribution in [-0.2, 0) is 17.8 Å². The number of benzene rings is 2. The summed E-state index contributed by atoms with van der Waals surface area (Å²) in [5, 5.41) is 12.6. The van der Waals surface area contributed by atoms with E-state index in [2.05, 4.69) is 17.4 Å². The van der Waals surface area contributed by atoms with Crippen LogP contribution in [-0.4, -0.2) is 24.1 Å². The molecule has 21 heavy (non-hydrogen) atoms. The van der Waals surface area contributed by atoms with Crippen molar-refractivity contribution >= 4 is 11.6 Å². The van der Waals surface area contributed by atoms with Crippen molar-refractivity contribution in [1.29, 1.82) is 0 Å². The summed E-state index contributed by atoms with van der Waals surface area (Å²) in [6.07, 6.45) is 0.706. The molecule has 0 unspecified atom stereocenters. The van der Waals surface area contributed by atoms with E-state index in [-0.39, 0.29) is 17.7 Å². The molecule has 108 valence electrons. The van der Waals surface area contributed by atoms with Crippen molar-refractivity contribution < 1.29 is 9.90 Å². The minimum absolute atomic E-state index is 0.0372. The van der Waals surface area contributed by atoms with Gasteiger partial charge in [-0.3, -0.25) is 4.79 Å². The standard InChI is InChI=1S/C17H18N2O2/c1-19(14-6-8-15(20)9-7-14)17(21)16-10-12-4-2-3-5-13(12)11-18-16/h2-9,16,18,20H,10-11H2,1H3/t16-/m1/s1. The van der Waals surface area contributed by atoms with Crippen LogP contribution >= 0.6 is 0 Å². The Morgan fingerprint density at radius 1 is 1.14 bits per heavy atom. The zero-order valence-corrected chi connectivity index (χ0v) is 11.9. The van der Waals surface area contributed by atoms with E-state index in [0.29, 0.717) is 6.42 Å². The minimum atomic E-state index is -0.210. The molecule has 0 fully saturated rings. The molecule has 1 aliphatic rings. The average Bonchev–Trinajstić information content (AvgIpc) is 2.54. The quantitative estimate of drug-likeness (QED) is 0.886. The van der Waals surface area contributed by atoms with Crippen LogP contribution in [0.15, 0.2) is 48.5 Å². The van der Waals surface area contributed by atoms with Crippen LogP contribution in [0.25, 0.3) is 0 Å². The van der Waals surface area contributed by atoms with Gasteiger partial charge < -0.3 is 15.3 Å². The monoisotopic (exact) mass is 282 g/mol. The van der Waals surface area contributed by atoms with E-state index in [0.717, 1.165) is 12.2 Å². The Hall–Kier alpha value is -2.33. The molecular weight excluding hydrogens is 264 g/mol. The third-order valence-corrected chi connectivity index (χ3v) is 3.95. The molecule has 3 rings (SSSR count). The summed E-state index contributed by atoms with van der Waals surface area (Å²) in [5.41, 5.74) is 3.26. The number of carbonyl (C=O) groups is 1. The zero-order chi connectivity index (χ0) is 14.8. The maximum atomic E-state index is 12.6. The Kier molecular flexibility index (Phi) is 3.62. The van der Waals surface area contributed by atoms with Gasteiger partial charge in [-0.25, -0.2) is 0 Å². The van der Waals surface area contributed by atoms with Crippen molar-refractivity contribution in [3.05, 3.63) is 59.7 Å². The van der Waals surface area contributed by atoms with Crippen molar-refractivity contribution in [2.75, 3.05) is 11.9 Å². The van der Waals surface area contributed by atoms with Gasteiger partial charge in [-0.2, -0.15) is 0 Å². The van der Waals surface area contributed by atoms with E-state index in [1.54, 1.807) is 36.2 Å². The molecule has 2 N–H and O–H groups in total. The number of hydrogen-bond acceptors (Lipinski definition) is 3. The topological polar surface area (TPSA) is 52.6 Å². The summed E-state index contributed by atoms with van der Waals surface area (Å²) < 4.78 is 0. The predicted octanol–water partition coefficient (Wildman–Crippen LogP) is 2.07. The molecule has 1 heterocycles. The van der Waals surface area contributed by atoms with Crippen LogP contribution in [0.1, 0.15) is 11.1 Å². The largest absolute Gasteiger partial charge is 0.508 e. The van der Waals surface area contributed by atoms with Gasteiger partial charge in [-0.05, 0) is 41.8 Å². The van der Waals surface area contributed by atoms with Gasteiger partial charge >= 0.3 is 0 Å². The van der Waals surface area contributed by atoms with E-state index >= 15 is 0 Å². The third-order valence-electron chi connectivity index (χ3n) is 3.95. The van der Waals surface area contributed by atoms with E-state index < -0.39 is 0 Å². The molecule has 1 amide bonds. The predicted molar refractivity (Wildman–Crippen MR) is 82.3 cm³/mol.